The summed E-state index contributed by atoms with van der Waals surface area (Å²) in [6.45, 7) is 2.96. The van der Waals surface area contributed by atoms with Gasteiger partial charge in [-0.15, -0.1) is 0 Å². The van der Waals surface area contributed by atoms with E-state index in [9.17, 15) is 14.4 Å². The van der Waals surface area contributed by atoms with Gasteiger partial charge in [0.15, 0.2) is 6.10 Å². The van der Waals surface area contributed by atoms with E-state index in [4.69, 9.17) is 10.00 Å². The van der Waals surface area contributed by atoms with Crippen molar-refractivity contribution in [3.8, 4) is 6.07 Å². The van der Waals surface area contributed by atoms with Gasteiger partial charge in [0.1, 0.15) is 0 Å². The molecule has 1 atom stereocenters. The van der Waals surface area contributed by atoms with Gasteiger partial charge >= 0.3 is 5.97 Å². The predicted octanol–water partition coefficient (Wildman–Crippen LogP) is 0.955. The molecular weight excluding hydrogens is 286 g/mol. The highest BCUT2D eigenvalue weighted by molar-refractivity contribution is 5.95. The lowest BCUT2D eigenvalue weighted by atomic mass is 10.2. The molecule has 22 heavy (non-hydrogen) atoms. The van der Waals surface area contributed by atoms with Crippen LogP contribution in [0.5, 0.6) is 0 Å². The first-order valence-corrected chi connectivity index (χ1v) is 6.67. The Kier molecular flexibility index (Phi) is 6.57. The van der Waals surface area contributed by atoms with Gasteiger partial charge in [-0.3, -0.25) is 14.4 Å². The number of nitrogens with zero attached hydrogens (tertiary/aromatic N) is 1. The molecule has 0 unspecified atom stereocenters. The number of nitrogens with one attached hydrogen (secondary N) is 2. The van der Waals surface area contributed by atoms with E-state index in [1.165, 1.54) is 13.8 Å². The summed E-state index contributed by atoms with van der Waals surface area (Å²) in [6.07, 6.45) is -0.964. The van der Waals surface area contributed by atoms with E-state index in [-0.39, 0.29) is 18.9 Å². The number of hydrogen-bond acceptors (Lipinski definition) is 5. The van der Waals surface area contributed by atoms with Crippen molar-refractivity contribution in [2.24, 2.45) is 0 Å². The summed E-state index contributed by atoms with van der Waals surface area (Å²) in [5.41, 5.74) is 0.987. The van der Waals surface area contributed by atoms with Crippen LogP contribution in [0.1, 0.15) is 25.8 Å². The normalized spacial score (nSPS) is 11.0. The lowest BCUT2D eigenvalue weighted by Gasteiger charge is -2.13. The van der Waals surface area contributed by atoms with Gasteiger partial charge in [0.05, 0.1) is 18.1 Å². The molecule has 2 amide bonds. The maximum absolute atomic E-state index is 11.9. The molecule has 116 valence electrons. The summed E-state index contributed by atoms with van der Waals surface area (Å²) in [6, 6.07) is 8.28. The number of benzene rings is 1. The second kappa shape index (κ2) is 8.42. The van der Waals surface area contributed by atoms with Gasteiger partial charge in [0.25, 0.3) is 5.91 Å². The van der Waals surface area contributed by atoms with Gasteiger partial charge in [-0.05, 0) is 31.2 Å². The lowest BCUT2D eigenvalue weighted by molar-refractivity contribution is -0.153. The van der Waals surface area contributed by atoms with Crippen LogP contribution < -0.4 is 10.6 Å². The second-order valence-electron chi connectivity index (χ2n) is 4.54. The van der Waals surface area contributed by atoms with Gasteiger partial charge < -0.3 is 15.4 Å². The first-order valence-electron chi connectivity index (χ1n) is 6.67. The van der Waals surface area contributed by atoms with E-state index in [1.54, 1.807) is 24.3 Å². The van der Waals surface area contributed by atoms with Gasteiger partial charge in [0.2, 0.25) is 5.91 Å². The van der Waals surface area contributed by atoms with Gasteiger partial charge in [-0.1, -0.05) is 0 Å². The zero-order chi connectivity index (χ0) is 16.5. The summed E-state index contributed by atoms with van der Waals surface area (Å²) in [5.74, 6) is -1.28. The Morgan fingerprint density at radius 3 is 2.45 bits per heavy atom. The van der Waals surface area contributed by atoms with Crippen LogP contribution in [-0.2, 0) is 19.1 Å². The predicted molar refractivity (Wildman–Crippen MR) is 78.6 cm³/mol. The standard InChI is InChI=1S/C15H17N3O4/c1-10(22-14(20)7-8-17-11(2)19)15(21)18-13-5-3-12(9-16)4-6-13/h3-6,10H,7-8H2,1-2H3,(H,17,19)(H,18,21)/t10-/m1/s1. The van der Waals surface area contributed by atoms with Crippen molar-refractivity contribution in [1.82, 2.24) is 5.32 Å². The van der Waals surface area contributed by atoms with E-state index in [2.05, 4.69) is 10.6 Å². The number of carbonyl (C=O) groups excluding carboxylic acids is 3. The lowest BCUT2D eigenvalue weighted by Crippen LogP contribution is -2.31. The maximum Gasteiger partial charge on any atom is 0.308 e. The fraction of sp³-hybridized carbons (Fsp3) is 0.333. The van der Waals surface area contributed by atoms with Crippen LogP contribution in [-0.4, -0.2) is 30.4 Å². The molecule has 1 aromatic carbocycles. The van der Waals surface area contributed by atoms with Crippen molar-refractivity contribution in [2.45, 2.75) is 26.4 Å². The van der Waals surface area contributed by atoms with Crippen LogP contribution >= 0.6 is 0 Å². The zero-order valence-corrected chi connectivity index (χ0v) is 12.4. The third-order valence-corrected chi connectivity index (χ3v) is 2.66. The monoisotopic (exact) mass is 303 g/mol. The highest BCUT2D eigenvalue weighted by Crippen LogP contribution is 2.09. The van der Waals surface area contributed by atoms with Crippen molar-refractivity contribution in [3.63, 3.8) is 0 Å². The first-order chi connectivity index (χ1) is 10.4. The Labute approximate surface area is 128 Å². The molecule has 0 aliphatic heterocycles. The van der Waals surface area contributed by atoms with E-state index in [1.807, 2.05) is 6.07 Å². The van der Waals surface area contributed by atoms with E-state index < -0.39 is 18.0 Å². The van der Waals surface area contributed by atoms with Crippen molar-refractivity contribution in [2.75, 3.05) is 11.9 Å². The van der Waals surface area contributed by atoms with Crippen LogP contribution in [0.2, 0.25) is 0 Å². The summed E-state index contributed by atoms with van der Waals surface area (Å²) < 4.78 is 4.96. The zero-order valence-electron chi connectivity index (χ0n) is 12.4. The molecule has 0 aliphatic carbocycles. The SMILES string of the molecule is CC(=O)NCCC(=O)O[C@H](C)C(=O)Nc1ccc(C#N)cc1. The molecule has 0 radical (unpaired) electrons. The van der Waals surface area contributed by atoms with E-state index >= 15 is 0 Å². The van der Waals surface area contributed by atoms with Crippen molar-refractivity contribution < 1.29 is 19.1 Å². The Bertz CT molecular complexity index is 590. The van der Waals surface area contributed by atoms with Crippen LogP contribution in [0.3, 0.4) is 0 Å². The van der Waals surface area contributed by atoms with Gasteiger partial charge in [0, 0.05) is 19.2 Å². The average Bonchev–Trinajstić information content (AvgIpc) is 2.47. The molecule has 0 heterocycles. The number of amides is 2. The fourth-order valence-electron chi connectivity index (χ4n) is 1.52. The summed E-state index contributed by atoms with van der Waals surface area (Å²) in [4.78, 5) is 34.0. The molecule has 0 aromatic heterocycles. The molecule has 0 spiro atoms. The minimum absolute atomic E-state index is 0.00589. The highest BCUT2D eigenvalue weighted by atomic mass is 16.5. The van der Waals surface area contributed by atoms with Crippen LogP contribution in [0.15, 0.2) is 24.3 Å². The van der Waals surface area contributed by atoms with Crippen molar-refractivity contribution >= 4 is 23.5 Å². The molecule has 7 nitrogen and oxygen atoms in total. The smallest absolute Gasteiger partial charge is 0.308 e. The number of ether oxygens (including phenoxy) is 1. The second-order valence-corrected chi connectivity index (χ2v) is 4.54. The van der Waals surface area contributed by atoms with Crippen LogP contribution in [0.25, 0.3) is 0 Å². The van der Waals surface area contributed by atoms with Crippen molar-refractivity contribution in [1.29, 1.82) is 5.26 Å². The minimum Gasteiger partial charge on any atom is -0.452 e. The summed E-state index contributed by atoms with van der Waals surface area (Å²) in [7, 11) is 0. The molecular formula is C15H17N3O4. The molecule has 1 aromatic rings. The summed E-state index contributed by atoms with van der Waals surface area (Å²) in [5, 5.41) is 13.7. The third kappa shape index (κ3) is 6.05. The molecule has 0 aliphatic rings. The Morgan fingerprint density at radius 2 is 1.91 bits per heavy atom. The number of anilines is 1. The largest absolute Gasteiger partial charge is 0.452 e. The molecule has 0 fully saturated rings. The Balaban J connectivity index is 2.42. The quantitative estimate of drug-likeness (QED) is 0.761. The number of carbonyl (C=O) groups is 3. The maximum atomic E-state index is 11.9. The number of esters is 1. The fourth-order valence-corrected chi connectivity index (χ4v) is 1.52. The van der Waals surface area contributed by atoms with E-state index in [0.717, 1.165) is 0 Å². The third-order valence-electron chi connectivity index (χ3n) is 2.66. The molecule has 0 saturated carbocycles. The highest BCUT2D eigenvalue weighted by Gasteiger charge is 2.17. The van der Waals surface area contributed by atoms with Crippen LogP contribution in [0.4, 0.5) is 5.69 Å². The van der Waals surface area contributed by atoms with Gasteiger partial charge in [-0.25, -0.2) is 0 Å². The minimum atomic E-state index is -0.958. The van der Waals surface area contributed by atoms with Gasteiger partial charge in [-0.2, -0.15) is 5.26 Å². The van der Waals surface area contributed by atoms with Crippen LogP contribution in [0, 0.1) is 11.3 Å². The molecule has 2 N–H and O–H groups in total. The topological polar surface area (TPSA) is 108 Å². The number of nitriles is 1. The first kappa shape index (κ1) is 17.2. The number of rotatable bonds is 6. The molecule has 7 heteroatoms. The van der Waals surface area contributed by atoms with Crippen molar-refractivity contribution in [3.05, 3.63) is 29.8 Å². The average molecular weight is 303 g/mol. The number of hydrogen-bond donors (Lipinski definition) is 2. The molecule has 0 saturated heterocycles. The molecule has 1 rings (SSSR count). The summed E-state index contributed by atoms with van der Waals surface area (Å²) >= 11 is 0. The Hall–Kier alpha value is -2.88. The molecule has 0 bridgehead atoms. The van der Waals surface area contributed by atoms with E-state index in [0.29, 0.717) is 11.3 Å². The Morgan fingerprint density at radius 1 is 1.27 bits per heavy atom.